The van der Waals surface area contributed by atoms with E-state index in [1.54, 1.807) is 0 Å². The molecule has 2 rings (SSSR count). The Kier molecular flexibility index (Phi) is 1.74. The number of aliphatic hydroxyl groups is 1. The van der Waals surface area contributed by atoms with Crippen molar-refractivity contribution in [2.45, 2.75) is 17.4 Å². The molecule has 0 spiro atoms. The maximum Gasteiger partial charge on any atom is 0.0920 e. The van der Waals surface area contributed by atoms with E-state index in [4.69, 9.17) is 0 Å². The summed E-state index contributed by atoms with van der Waals surface area (Å²) < 4.78 is 0. The maximum atomic E-state index is 9.60. The van der Waals surface area contributed by atoms with E-state index < -0.39 is 0 Å². The van der Waals surface area contributed by atoms with Gasteiger partial charge in [-0.15, -0.1) is 0 Å². The van der Waals surface area contributed by atoms with E-state index >= 15 is 0 Å². The summed E-state index contributed by atoms with van der Waals surface area (Å²) in [5.41, 5.74) is 2.34. The lowest BCUT2D eigenvalue weighted by atomic mass is 10.1. The van der Waals surface area contributed by atoms with Crippen LogP contribution in [0.3, 0.4) is 0 Å². The zero-order chi connectivity index (χ0) is 7.84. The number of aliphatic hydroxyl groups excluding tert-OH is 1. The summed E-state index contributed by atoms with van der Waals surface area (Å²) in [7, 11) is 0. The Morgan fingerprint density at radius 3 is 2.82 bits per heavy atom. The molecule has 1 aliphatic rings. The van der Waals surface area contributed by atoms with Crippen LogP contribution in [-0.4, -0.2) is 9.93 Å². The first-order chi connectivity index (χ1) is 5.29. The van der Waals surface area contributed by atoms with Crippen LogP contribution >= 0.6 is 15.9 Å². The van der Waals surface area contributed by atoms with Gasteiger partial charge >= 0.3 is 0 Å². The molecule has 1 nitrogen and oxygen atoms in total. The first kappa shape index (κ1) is 7.32. The van der Waals surface area contributed by atoms with Gasteiger partial charge in [0.25, 0.3) is 0 Å². The van der Waals surface area contributed by atoms with E-state index in [1.807, 2.05) is 18.2 Å². The highest BCUT2D eigenvalue weighted by Crippen LogP contribution is 2.35. The molecule has 2 heteroatoms. The van der Waals surface area contributed by atoms with Crippen LogP contribution in [0.2, 0.25) is 0 Å². The van der Waals surface area contributed by atoms with Crippen LogP contribution in [0.4, 0.5) is 0 Å². The molecule has 0 bridgehead atoms. The minimum Gasteiger partial charge on any atom is -0.387 e. The lowest BCUT2D eigenvalue weighted by molar-refractivity contribution is 0.187. The van der Waals surface area contributed by atoms with E-state index in [1.165, 1.54) is 5.56 Å². The van der Waals surface area contributed by atoms with Crippen molar-refractivity contribution in [3.63, 3.8) is 0 Å². The van der Waals surface area contributed by atoms with Gasteiger partial charge in [0.1, 0.15) is 0 Å². The van der Waals surface area contributed by atoms with Gasteiger partial charge in [0.15, 0.2) is 0 Å². The Morgan fingerprint density at radius 2 is 2.09 bits per heavy atom. The summed E-state index contributed by atoms with van der Waals surface area (Å²) in [6.45, 7) is 0. The molecule has 0 aliphatic heterocycles. The van der Waals surface area contributed by atoms with E-state index in [9.17, 15) is 5.11 Å². The summed E-state index contributed by atoms with van der Waals surface area (Å²) in [5, 5.41) is 9.60. The van der Waals surface area contributed by atoms with Gasteiger partial charge in [-0.3, -0.25) is 0 Å². The van der Waals surface area contributed by atoms with Crippen molar-refractivity contribution in [3.8, 4) is 0 Å². The summed E-state index contributed by atoms with van der Waals surface area (Å²) in [5.74, 6) is 0. The molecule has 0 heterocycles. The number of rotatable bonds is 0. The number of fused-ring (bicyclic) bond motifs is 1. The molecule has 2 atom stereocenters. The quantitative estimate of drug-likeness (QED) is 0.654. The zero-order valence-electron chi connectivity index (χ0n) is 6.00. The Morgan fingerprint density at radius 1 is 1.36 bits per heavy atom. The molecule has 1 aromatic carbocycles. The molecule has 1 N–H and O–H groups in total. The monoisotopic (exact) mass is 212 g/mol. The van der Waals surface area contributed by atoms with Gasteiger partial charge in [0, 0.05) is 4.83 Å². The molecular formula is C9H9BrO. The highest BCUT2D eigenvalue weighted by atomic mass is 79.9. The molecule has 0 fully saturated rings. The Labute approximate surface area is 74.2 Å². The molecule has 11 heavy (non-hydrogen) atoms. The lowest BCUT2D eigenvalue weighted by Crippen LogP contribution is -2.03. The van der Waals surface area contributed by atoms with Crippen LogP contribution in [0.5, 0.6) is 0 Å². The van der Waals surface area contributed by atoms with Gasteiger partial charge < -0.3 is 5.11 Å². The number of hydrogen-bond donors (Lipinski definition) is 1. The minimum absolute atomic E-state index is 0.208. The van der Waals surface area contributed by atoms with Crippen molar-refractivity contribution in [2.24, 2.45) is 0 Å². The molecule has 0 aromatic heterocycles. The maximum absolute atomic E-state index is 9.60. The SMILES string of the molecule is O[C@@H]1c2ccccc2CC1Br. The van der Waals surface area contributed by atoms with Crippen molar-refractivity contribution in [3.05, 3.63) is 35.4 Å². The molecule has 0 saturated heterocycles. The first-order valence-electron chi connectivity index (χ1n) is 3.69. The first-order valence-corrected chi connectivity index (χ1v) is 4.60. The molecule has 0 saturated carbocycles. The largest absolute Gasteiger partial charge is 0.387 e. The second kappa shape index (κ2) is 2.61. The number of hydrogen-bond acceptors (Lipinski definition) is 1. The van der Waals surface area contributed by atoms with Gasteiger partial charge in [0.2, 0.25) is 0 Å². The number of alkyl halides is 1. The van der Waals surface area contributed by atoms with E-state index in [0.717, 1.165) is 12.0 Å². The highest BCUT2D eigenvalue weighted by molar-refractivity contribution is 9.09. The molecule has 0 amide bonds. The average Bonchev–Trinajstić information content (AvgIpc) is 2.30. The van der Waals surface area contributed by atoms with Crippen molar-refractivity contribution in [1.82, 2.24) is 0 Å². The van der Waals surface area contributed by atoms with Crippen LogP contribution in [0, 0.1) is 0 Å². The van der Waals surface area contributed by atoms with Crippen LogP contribution < -0.4 is 0 Å². The van der Waals surface area contributed by atoms with Crippen LogP contribution in [0.25, 0.3) is 0 Å². The van der Waals surface area contributed by atoms with Crippen molar-refractivity contribution < 1.29 is 5.11 Å². The highest BCUT2D eigenvalue weighted by Gasteiger charge is 2.27. The predicted octanol–water partition coefficient (Wildman–Crippen LogP) is 2.04. The smallest absolute Gasteiger partial charge is 0.0920 e. The van der Waals surface area contributed by atoms with Gasteiger partial charge in [-0.05, 0) is 17.5 Å². The Bertz CT molecular complexity index is 272. The van der Waals surface area contributed by atoms with Crippen molar-refractivity contribution >= 4 is 15.9 Å². The van der Waals surface area contributed by atoms with Gasteiger partial charge in [-0.1, -0.05) is 40.2 Å². The summed E-state index contributed by atoms with van der Waals surface area (Å²) in [6.07, 6.45) is 0.628. The van der Waals surface area contributed by atoms with Crippen molar-refractivity contribution in [1.29, 1.82) is 0 Å². The van der Waals surface area contributed by atoms with Crippen LogP contribution in [0.15, 0.2) is 24.3 Å². The Hall–Kier alpha value is -0.340. The molecule has 1 aromatic rings. The normalized spacial score (nSPS) is 28.5. The van der Waals surface area contributed by atoms with E-state index in [-0.39, 0.29) is 10.9 Å². The van der Waals surface area contributed by atoms with Crippen molar-refractivity contribution in [2.75, 3.05) is 0 Å². The van der Waals surface area contributed by atoms with Crippen LogP contribution in [-0.2, 0) is 6.42 Å². The van der Waals surface area contributed by atoms with Gasteiger partial charge in [-0.2, -0.15) is 0 Å². The number of benzene rings is 1. The standard InChI is InChI=1S/C9H9BrO/c10-8-5-6-3-1-2-4-7(6)9(8)11/h1-4,8-9,11H,5H2/t8?,9-/m1/s1. The lowest BCUT2D eigenvalue weighted by Gasteiger charge is -2.05. The molecule has 1 unspecified atom stereocenters. The molecular weight excluding hydrogens is 204 g/mol. The third kappa shape index (κ3) is 1.10. The second-order valence-electron chi connectivity index (χ2n) is 2.86. The van der Waals surface area contributed by atoms with Crippen LogP contribution in [0.1, 0.15) is 17.2 Å². The fourth-order valence-electron chi connectivity index (χ4n) is 1.53. The summed E-state index contributed by atoms with van der Waals surface area (Å²) >= 11 is 3.43. The van der Waals surface area contributed by atoms with E-state index in [0.29, 0.717) is 0 Å². The third-order valence-electron chi connectivity index (χ3n) is 2.13. The molecule has 58 valence electrons. The predicted molar refractivity (Wildman–Crippen MR) is 47.8 cm³/mol. The number of halogens is 1. The Balaban J connectivity index is 2.47. The second-order valence-corrected chi connectivity index (χ2v) is 4.04. The van der Waals surface area contributed by atoms with Gasteiger partial charge in [-0.25, -0.2) is 0 Å². The fraction of sp³-hybridized carbons (Fsp3) is 0.333. The van der Waals surface area contributed by atoms with Gasteiger partial charge in [0.05, 0.1) is 6.10 Å². The summed E-state index contributed by atoms with van der Waals surface area (Å²) in [6, 6.07) is 8.03. The topological polar surface area (TPSA) is 20.2 Å². The van der Waals surface area contributed by atoms with E-state index in [2.05, 4.69) is 22.0 Å². The summed E-state index contributed by atoms with van der Waals surface area (Å²) in [4.78, 5) is 0.208. The fourth-order valence-corrected chi connectivity index (χ4v) is 2.16. The average molecular weight is 213 g/mol. The zero-order valence-corrected chi connectivity index (χ0v) is 7.58. The minimum atomic E-state index is -0.314. The third-order valence-corrected chi connectivity index (χ3v) is 2.96. The molecule has 0 radical (unpaired) electrons. The molecule has 1 aliphatic carbocycles.